The molecule has 0 spiro atoms. The zero-order valence-corrected chi connectivity index (χ0v) is 21.6. The molecule has 4 aromatic rings. The highest BCUT2D eigenvalue weighted by molar-refractivity contribution is 9.10. The number of aryl methyl sites for hydroxylation is 2. The summed E-state index contributed by atoms with van der Waals surface area (Å²) in [5, 5.41) is 4.95. The molecular formula is C27H26BrN3O4. The Morgan fingerprint density at radius 2 is 1.71 bits per heavy atom. The molecule has 8 heteroatoms. The largest absolute Gasteiger partial charge is 0.493 e. The van der Waals surface area contributed by atoms with Gasteiger partial charge < -0.3 is 14.2 Å². The van der Waals surface area contributed by atoms with Crippen molar-refractivity contribution in [1.29, 1.82) is 0 Å². The Morgan fingerprint density at radius 3 is 2.34 bits per heavy atom. The Balaban J connectivity index is 1.68. The van der Waals surface area contributed by atoms with Crippen LogP contribution in [0.2, 0.25) is 0 Å². The maximum Gasteiger partial charge on any atom is 0.282 e. The second-order valence-corrected chi connectivity index (χ2v) is 8.85. The van der Waals surface area contributed by atoms with Crippen LogP contribution >= 0.6 is 15.9 Å². The minimum absolute atomic E-state index is 0.235. The van der Waals surface area contributed by atoms with Crippen molar-refractivity contribution in [3.63, 3.8) is 0 Å². The number of halogens is 1. The molecule has 1 aromatic heterocycles. The van der Waals surface area contributed by atoms with Crippen LogP contribution in [0.15, 0.2) is 69.0 Å². The van der Waals surface area contributed by atoms with E-state index in [-0.39, 0.29) is 5.56 Å². The van der Waals surface area contributed by atoms with Gasteiger partial charge in [0.05, 0.1) is 31.3 Å². The van der Waals surface area contributed by atoms with Gasteiger partial charge in [0.1, 0.15) is 12.4 Å². The van der Waals surface area contributed by atoms with Crippen molar-refractivity contribution in [2.45, 2.75) is 26.9 Å². The maximum absolute atomic E-state index is 13.1. The topological polar surface area (TPSA) is 74.9 Å². The first-order valence-corrected chi connectivity index (χ1v) is 11.9. The van der Waals surface area contributed by atoms with Crippen molar-refractivity contribution in [2.24, 2.45) is 5.10 Å². The third kappa shape index (κ3) is 5.38. The fraction of sp³-hybridized carbons (Fsp3) is 0.222. The van der Waals surface area contributed by atoms with Gasteiger partial charge in [-0.25, -0.2) is 4.98 Å². The van der Waals surface area contributed by atoms with Gasteiger partial charge in [-0.2, -0.15) is 9.78 Å². The van der Waals surface area contributed by atoms with Gasteiger partial charge in [-0.3, -0.25) is 4.79 Å². The molecule has 0 aliphatic carbocycles. The van der Waals surface area contributed by atoms with Gasteiger partial charge >= 0.3 is 0 Å². The van der Waals surface area contributed by atoms with Crippen LogP contribution in [0, 0.1) is 6.92 Å². The van der Waals surface area contributed by atoms with Gasteiger partial charge in [-0.1, -0.05) is 52.7 Å². The molecule has 35 heavy (non-hydrogen) atoms. The molecular weight excluding hydrogens is 510 g/mol. The summed E-state index contributed by atoms with van der Waals surface area (Å²) in [5.41, 5.74) is 3.31. The van der Waals surface area contributed by atoms with Gasteiger partial charge in [0.25, 0.3) is 5.56 Å². The van der Waals surface area contributed by atoms with Crippen LogP contribution in [0.1, 0.15) is 29.4 Å². The second kappa shape index (κ2) is 10.7. The lowest BCUT2D eigenvalue weighted by Crippen LogP contribution is -2.22. The summed E-state index contributed by atoms with van der Waals surface area (Å²) < 4.78 is 19.3. The number of nitrogens with zero attached hydrogens (tertiary/aromatic N) is 3. The summed E-state index contributed by atoms with van der Waals surface area (Å²) >= 11 is 3.42. The Hall–Kier alpha value is -3.65. The Kier molecular flexibility index (Phi) is 7.51. The van der Waals surface area contributed by atoms with Crippen LogP contribution < -0.4 is 19.8 Å². The number of hydrogen-bond acceptors (Lipinski definition) is 6. The van der Waals surface area contributed by atoms with E-state index in [1.165, 1.54) is 10.2 Å². The predicted octanol–water partition coefficient (Wildman–Crippen LogP) is 5.51. The molecule has 3 aromatic carbocycles. The van der Waals surface area contributed by atoms with Crippen molar-refractivity contribution < 1.29 is 14.2 Å². The van der Waals surface area contributed by atoms with E-state index in [1.54, 1.807) is 38.6 Å². The van der Waals surface area contributed by atoms with Crippen LogP contribution in [0.5, 0.6) is 17.2 Å². The third-order valence-corrected chi connectivity index (χ3v) is 5.99. The number of methoxy groups -OCH3 is 2. The fourth-order valence-corrected chi connectivity index (χ4v) is 3.98. The molecule has 0 bridgehead atoms. The number of benzene rings is 3. The highest BCUT2D eigenvalue weighted by Gasteiger charge is 2.15. The number of fused-ring (bicyclic) bond motifs is 1. The van der Waals surface area contributed by atoms with E-state index in [0.29, 0.717) is 52.6 Å². The summed E-state index contributed by atoms with van der Waals surface area (Å²) in [6.07, 6.45) is 2.14. The van der Waals surface area contributed by atoms with E-state index in [9.17, 15) is 4.79 Å². The summed E-state index contributed by atoms with van der Waals surface area (Å²) in [6.45, 7) is 4.35. The first kappa shape index (κ1) is 24.5. The van der Waals surface area contributed by atoms with E-state index >= 15 is 0 Å². The molecule has 0 saturated heterocycles. The lowest BCUT2D eigenvalue weighted by Gasteiger charge is -2.15. The summed E-state index contributed by atoms with van der Waals surface area (Å²) in [5.74, 6) is 2.07. The second-order valence-electron chi connectivity index (χ2n) is 7.93. The lowest BCUT2D eigenvalue weighted by atomic mass is 10.1. The molecule has 7 nitrogen and oxygen atoms in total. The van der Waals surface area contributed by atoms with E-state index in [0.717, 1.165) is 10.0 Å². The van der Waals surface area contributed by atoms with Crippen molar-refractivity contribution in [3.05, 3.63) is 91.9 Å². The lowest BCUT2D eigenvalue weighted by molar-refractivity contribution is 0.266. The van der Waals surface area contributed by atoms with Gasteiger partial charge in [0.15, 0.2) is 11.5 Å². The van der Waals surface area contributed by atoms with Crippen molar-refractivity contribution in [3.8, 4) is 17.2 Å². The molecule has 0 radical (unpaired) electrons. The highest BCUT2D eigenvalue weighted by atomic mass is 79.9. The molecule has 0 saturated carbocycles. The molecule has 4 rings (SSSR count). The fourth-order valence-electron chi connectivity index (χ4n) is 3.62. The third-order valence-electron chi connectivity index (χ3n) is 5.50. The molecule has 0 fully saturated rings. The number of aromatic nitrogens is 2. The quantitative estimate of drug-likeness (QED) is 0.278. The molecule has 180 valence electrons. The molecule has 0 amide bonds. The molecule has 0 unspecified atom stereocenters. The minimum Gasteiger partial charge on any atom is -0.493 e. The van der Waals surface area contributed by atoms with E-state index in [1.807, 2.05) is 50.2 Å². The van der Waals surface area contributed by atoms with Crippen LogP contribution in [-0.4, -0.2) is 30.1 Å². The van der Waals surface area contributed by atoms with Crippen LogP contribution in [0.25, 0.3) is 10.9 Å². The number of hydrogen-bond donors (Lipinski definition) is 0. The van der Waals surface area contributed by atoms with Crippen molar-refractivity contribution in [1.82, 2.24) is 9.66 Å². The first-order chi connectivity index (χ1) is 16.9. The number of ether oxygens (including phenoxy) is 3. The Morgan fingerprint density at radius 1 is 1.03 bits per heavy atom. The Bertz CT molecular complexity index is 1420. The molecule has 0 aliphatic heterocycles. The summed E-state index contributed by atoms with van der Waals surface area (Å²) in [7, 11) is 3.14. The summed E-state index contributed by atoms with van der Waals surface area (Å²) in [4.78, 5) is 17.7. The van der Waals surface area contributed by atoms with Gasteiger partial charge in [0, 0.05) is 16.5 Å². The minimum atomic E-state index is -0.235. The number of rotatable bonds is 8. The molecule has 0 atom stereocenters. The van der Waals surface area contributed by atoms with Crippen molar-refractivity contribution in [2.75, 3.05) is 14.2 Å². The van der Waals surface area contributed by atoms with Gasteiger partial charge in [-0.15, -0.1) is 0 Å². The van der Waals surface area contributed by atoms with E-state index in [4.69, 9.17) is 14.2 Å². The predicted molar refractivity (Wildman–Crippen MR) is 141 cm³/mol. The van der Waals surface area contributed by atoms with Crippen LogP contribution in [0.4, 0.5) is 0 Å². The smallest absolute Gasteiger partial charge is 0.282 e. The maximum atomic E-state index is 13.1. The normalized spacial score (nSPS) is 11.2. The monoisotopic (exact) mass is 535 g/mol. The van der Waals surface area contributed by atoms with Crippen molar-refractivity contribution >= 4 is 33.0 Å². The molecule has 1 heterocycles. The van der Waals surface area contributed by atoms with Crippen LogP contribution in [-0.2, 0) is 13.0 Å². The zero-order valence-electron chi connectivity index (χ0n) is 20.0. The average molecular weight is 536 g/mol. The average Bonchev–Trinajstić information content (AvgIpc) is 2.87. The van der Waals surface area contributed by atoms with Gasteiger partial charge in [-0.05, 0) is 42.8 Å². The molecule has 0 aliphatic rings. The highest BCUT2D eigenvalue weighted by Crippen LogP contribution is 2.38. The SMILES string of the molecule is CCc1nc2ccc(Br)cc2c(=O)n1N=Cc1cc(OC)c(OCc2ccc(C)cc2)c(OC)c1. The molecule has 0 N–H and O–H groups in total. The van der Waals surface area contributed by atoms with Gasteiger partial charge in [0.2, 0.25) is 5.75 Å². The zero-order chi connectivity index (χ0) is 24.9. The standard InChI is InChI=1S/C27H26BrN3O4/c1-5-25-30-22-11-10-20(28)14-21(22)27(32)31(25)29-15-19-12-23(33-3)26(24(13-19)34-4)35-16-18-8-6-17(2)7-9-18/h6-15H,5,16H2,1-4H3. The summed E-state index contributed by atoms with van der Waals surface area (Å²) in [6, 6.07) is 17.1. The first-order valence-electron chi connectivity index (χ1n) is 11.1. The van der Waals surface area contributed by atoms with E-state index < -0.39 is 0 Å². The van der Waals surface area contributed by atoms with E-state index in [2.05, 4.69) is 26.0 Å². The van der Waals surface area contributed by atoms with Crippen LogP contribution in [0.3, 0.4) is 0 Å². The Labute approximate surface area is 212 Å².